The molecule has 4 aliphatic carbocycles. The number of benzene rings is 1. The van der Waals surface area contributed by atoms with Crippen molar-refractivity contribution in [3.05, 3.63) is 48.4 Å². The van der Waals surface area contributed by atoms with Crippen molar-refractivity contribution >= 4 is 11.9 Å². The van der Waals surface area contributed by atoms with Gasteiger partial charge in [-0.15, -0.1) is 0 Å². The van der Waals surface area contributed by atoms with Gasteiger partial charge in [0.1, 0.15) is 5.75 Å². The fourth-order valence-corrected chi connectivity index (χ4v) is 5.23. The molecule has 4 fully saturated rings. The molecule has 4 saturated carbocycles. The number of carbonyl (C=O) groups excluding carboxylic acids is 1. The molecule has 1 aromatic carbocycles. The van der Waals surface area contributed by atoms with Crippen molar-refractivity contribution in [1.82, 2.24) is 15.3 Å². The summed E-state index contributed by atoms with van der Waals surface area (Å²) < 4.78 is 5.61. The molecule has 1 heterocycles. The van der Waals surface area contributed by atoms with Crippen molar-refractivity contribution in [3.63, 3.8) is 0 Å². The van der Waals surface area contributed by atoms with E-state index in [0.717, 1.165) is 12.8 Å². The molecule has 7 heteroatoms. The maximum absolute atomic E-state index is 12.7. The van der Waals surface area contributed by atoms with Gasteiger partial charge in [0.25, 0.3) is 5.91 Å². The van der Waals surface area contributed by atoms with E-state index in [-0.39, 0.29) is 29.7 Å². The molecule has 3 atom stereocenters. The number of carboxylic acids is 1. The highest BCUT2D eigenvalue weighted by atomic mass is 16.5. The van der Waals surface area contributed by atoms with Crippen molar-refractivity contribution in [1.29, 1.82) is 0 Å². The topological polar surface area (TPSA) is 101 Å². The minimum Gasteiger partial charge on any atom is -0.481 e. The maximum atomic E-state index is 12.7. The quantitative estimate of drug-likeness (QED) is 0.855. The normalized spacial score (nSPS) is 32.9. The third kappa shape index (κ3) is 2.00. The van der Waals surface area contributed by atoms with Gasteiger partial charge < -0.3 is 15.2 Å². The summed E-state index contributed by atoms with van der Waals surface area (Å²) in [4.78, 5) is 32.5. The van der Waals surface area contributed by atoms with Crippen LogP contribution in [0.4, 0.5) is 0 Å². The van der Waals surface area contributed by atoms with Gasteiger partial charge in [-0.05, 0) is 48.8 Å². The van der Waals surface area contributed by atoms with Gasteiger partial charge in [-0.3, -0.25) is 14.6 Å². The lowest BCUT2D eigenvalue weighted by atomic mass is 9.97. The Bertz CT molecular complexity index is 889. The molecule has 2 N–H and O–H groups in total. The number of amides is 1. The molecule has 3 unspecified atom stereocenters. The average molecular weight is 351 g/mol. The third-order valence-corrected chi connectivity index (χ3v) is 6.22. The van der Waals surface area contributed by atoms with E-state index >= 15 is 0 Å². The zero-order valence-electron chi connectivity index (χ0n) is 13.8. The summed E-state index contributed by atoms with van der Waals surface area (Å²) in [6, 6.07) is 6.50. The number of hydrogen-bond donors (Lipinski definition) is 2. The summed E-state index contributed by atoms with van der Waals surface area (Å²) >= 11 is 0. The van der Waals surface area contributed by atoms with Crippen LogP contribution >= 0.6 is 0 Å². The van der Waals surface area contributed by atoms with Crippen LogP contribution in [0.5, 0.6) is 11.6 Å². The van der Waals surface area contributed by atoms with Gasteiger partial charge in [0, 0.05) is 24.0 Å². The smallest absolute Gasteiger partial charge is 0.312 e. The van der Waals surface area contributed by atoms with Crippen LogP contribution in [0.25, 0.3) is 0 Å². The van der Waals surface area contributed by atoms with Gasteiger partial charge in [0.15, 0.2) is 0 Å². The third-order valence-electron chi connectivity index (χ3n) is 6.22. The minimum absolute atomic E-state index is 0.238. The minimum atomic E-state index is -0.766. The second-order valence-corrected chi connectivity index (χ2v) is 7.31. The molecule has 4 bridgehead atoms. The average Bonchev–Trinajstić information content (AvgIpc) is 2.97. The fourth-order valence-electron chi connectivity index (χ4n) is 5.23. The Labute approximate surface area is 149 Å². The van der Waals surface area contributed by atoms with E-state index in [0.29, 0.717) is 17.2 Å². The molecule has 6 rings (SSSR count). The number of ether oxygens (including phenoxy) is 1. The Balaban J connectivity index is 1.34. The highest BCUT2D eigenvalue weighted by molar-refractivity contribution is 5.96. The second-order valence-electron chi connectivity index (χ2n) is 7.31. The first-order chi connectivity index (χ1) is 12.6. The second kappa shape index (κ2) is 5.27. The first kappa shape index (κ1) is 15.3. The van der Waals surface area contributed by atoms with E-state index in [4.69, 9.17) is 4.74 Å². The molecule has 132 valence electrons. The molecule has 7 nitrogen and oxygen atoms in total. The number of hydrogen-bond acceptors (Lipinski definition) is 5. The number of aromatic nitrogens is 2. The lowest BCUT2D eigenvalue weighted by Crippen LogP contribution is -2.44. The molecule has 0 spiro atoms. The molecule has 0 saturated heterocycles. The Morgan fingerprint density at radius 1 is 1.23 bits per heavy atom. The number of nitrogens with zero attached hydrogens (tertiary/aromatic N) is 2. The van der Waals surface area contributed by atoms with E-state index in [1.807, 2.05) is 0 Å². The molecular weight excluding hydrogens is 334 g/mol. The van der Waals surface area contributed by atoms with Gasteiger partial charge >= 0.3 is 5.97 Å². The van der Waals surface area contributed by atoms with Crippen molar-refractivity contribution in [2.45, 2.75) is 18.9 Å². The number of carboxylic acid groups (broad SMARTS) is 1. The predicted molar refractivity (Wildman–Crippen MR) is 89.6 cm³/mol. The molecule has 0 radical (unpaired) electrons. The maximum Gasteiger partial charge on any atom is 0.312 e. The standard InChI is InChI=1S/C19H17N3O4/c23-17(22-16-11-7-13-14(8-11)19(13,16)18(24)25)10-2-1-3-12(6-10)26-15-9-20-4-5-21-15/h1-6,9,11,13-14,16H,7-8H2,(H,22,23)(H,24,25). The SMILES string of the molecule is O=C(NC1C2CC3C(C2)C31C(=O)O)c1cccc(Oc2cnccn2)c1. The lowest BCUT2D eigenvalue weighted by Gasteiger charge is -2.22. The molecule has 1 amide bonds. The number of carbonyl (C=O) groups is 2. The van der Waals surface area contributed by atoms with Gasteiger partial charge in [0.2, 0.25) is 5.88 Å². The molecule has 4 aliphatic rings. The summed E-state index contributed by atoms with van der Waals surface area (Å²) in [6.07, 6.45) is 6.39. The van der Waals surface area contributed by atoms with Crippen LogP contribution in [-0.2, 0) is 4.79 Å². The van der Waals surface area contributed by atoms with Crippen LogP contribution in [0, 0.1) is 23.2 Å². The van der Waals surface area contributed by atoms with Crippen LogP contribution < -0.4 is 10.1 Å². The Kier molecular flexibility index (Phi) is 3.10. The summed E-state index contributed by atoms with van der Waals surface area (Å²) in [7, 11) is 0. The number of nitrogens with one attached hydrogen (secondary N) is 1. The Morgan fingerprint density at radius 3 is 2.73 bits per heavy atom. The van der Waals surface area contributed by atoms with Crippen LogP contribution in [-0.4, -0.2) is 33.0 Å². The molecule has 0 aliphatic heterocycles. The predicted octanol–water partition coefficient (Wildman–Crippen LogP) is 2.11. The van der Waals surface area contributed by atoms with E-state index in [1.54, 1.807) is 30.5 Å². The van der Waals surface area contributed by atoms with Crippen molar-refractivity contribution in [3.8, 4) is 11.6 Å². The van der Waals surface area contributed by atoms with Crippen molar-refractivity contribution < 1.29 is 19.4 Å². The van der Waals surface area contributed by atoms with Crippen LogP contribution in [0.3, 0.4) is 0 Å². The van der Waals surface area contributed by atoms with Gasteiger partial charge in [-0.1, -0.05) is 6.07 Å². The largest absolute Gasteiger partial charge is 0.481 e. The Morgan fingerprint density at radius 2 is 2.04 bits per heavy atom. The molecule has 2 aromatic rings. The summed E-state index contributed by atoms with van der Waals surface area (Å²) in [6.45, 7) is 0. The van der Waals surface area contributed by atoms with Crippen LogP contribution in [0.2, 0.25) is 0 Å². The zero-order chi connectivity index (χ0) is 17.9. The van der Waals surface area contributed by atoms with E-state index < -0.39 is 11.4 Å². The van der Waals surface area contributed by atoms with E-state index in [2.05, 4.69) is 15.3 Å². The summed E-state index contributed by atoms with van der Waals surface area (Å²) in [5.41, 5.74) is -0.290. The van der Waals surface area contributed by atoms with Crippen LogP contribution in [0.15, 0.2) is 42.9 Å². The van der Waals surface area contributed by atoms with E-state index in [1.165, 1.54) is 12.4 Å². The first-order valence-electron chi connectivity index (χ1n) is 8.69. The zero-order valence-corrected chi connectivity index (χ0v) is 13.8. The van der Waals surface area contributed by atoms with Gasteiger partial charge in [-0.25, -0.2) is 4.98 Å². The molecule has 26 heavy (non-hydrogen) atoms. The highest BCUT2D eigenvalue weighted by Gasteiger charge is 2.83. The molecule has 1 aromatic heterocycles. The van der Waals surface area contributed by atoms with E-state index in [9.17, 15) is 14.7 Å². The fraction of sp³-hybridized carbons (Fsp3) is 0.368. The van der Waals surface area contributed by atoms with Gasteiger partial charge in [-0.2, -0.15) is 0 Å². The first-order valence-corrected chi connectivity index (χ1v) is 8.69. The van der Waals surface area contributed by atoms with Gasteiger partial charge in [0.05, 0.1) is 11.6 Å². The lowest BCUT2D eigenvalue weighted by molar-refractivity contribution is -0.144. The van der Waals surface area contributed by atoms with Crippen LogP contribution in [0.1, 0.15) is 23.2 Å². The monoisotopic (exact) mass is 351 g/mol. The number of rotatable bonds is 5. The summed E-state index contributed by atoms with van der Waals surface area (Å²) in [5.74, 6) is 0.543. The highest BCUT2D eigenvalue weighted by Crippen LogP contribution is 2.79. The van der Waals surface area contributed by atoms with Crippen molar-refractivity contribution in [2.75, 3.05) is 0 Å². The number of aliphatic carboxylic acids is 1. The molecular formula is C19H17N3O4. The summed E-state index contributed by atoms with van der Waals surface area (Å²) in [5, 5.41) is 12.7. The Hall–Kier alpha value is -2.96. The van der Waals surface area contributed by atoms with Crippen molar-refractivity contribution in [2.24, 2.45) is 23.2 Å².